The molecule has 0 spiro atoms. The summed E-state index contributed by atoms with van der Waals surface area (Å²) in [5.74, 6) is -11.9. The number of ketones is 1. The van der Waals surface area contributed by atoms with Crippen LogP contribution in [-0.2, 0) is 25.6 Å². The minimum atomic E-state index is -5.02. The number of carbonyl (C=O) groups excluding carboxylic acids is 4. The molecule has 2 aromatic rings. The lowest BCUT2D eigenvalue weighted by atomic mass is 9.94. The molecule has 45 heavy (non-hydrogen) atoms. The van der Waals surface area contributed by atoms with Gasteiger partial charge in [-0.2, -0.15) is 22.0 Å². The smallest absolute Gasteiger partial charge is 0.405 e. The summed E-state index contributed by atoms with van der Waals surface area (Å²) in [4.78, 5) is 50.7. The van der Waals surface area contributed by atoms with Gasteiger partial charge in [0.2, 0.25) is 11.7 Å². The lowest BCUT2D eigenvalue weighted by molar-refractivity contribution is -0.165. The normalized spacial score (nSPS) is 13.0. The number of carbonyl (C=O) groups is 4. The molecule has 0 heterocycles. The maximum atomic E-state index is 14.7. The van der Waals surface area contributed by atoms with Crippen LogP contribution in [0.3, 0.4) is 0 Å². The highest BCUT2D eigenvalue weighted by Gasteiger charge is 2.52. The standard InChI is InChI=1S/C28H30Cl2F5N3O7/c1-14(2)23(24(40)28(34,35)26(42)36-13-27(31,32)33)38-25(41)19(7-15-5-6-20(43-3)21(8-15)44-4)37-22(39)12-45-18-10-16(29)9-17(30)11-18/h5-6,8-11,14,19,23H,7,12-13H2,1-4H3,(H,36,42)(H,37,39)(H,38,41)/t19?,23-/m0/s1. The first-order valence-electron chi connectivity index (χ1n) is 13.0. The van der Waals surface area contributed by atoms with Crippen LogP contribution in [0.4, 0.5) is 22.0 Å². The molecular formula is C28H30Cl2F5N3O7. The molecule has 3 N–H and O–H groups in total. The van der Waals surface area contributed by atoms with Gasteiger partial charge in [-0.15, -0.1) is 0 Å². The van der Waals surface area contributed by atoms with Crippen molar-refractivity contribution in [2.75, 3.05) is 27.4 Å². The van der Waals surface area contributed by atoms with Gasteiger partial charge in [0.15, 0.2) is 18.1 Å². The maximum absolute atomic E-state index is 14.7. The second-order valence-corrected chi connectivity index (χ2v) is 10.7. The van der Waals surface area contributed by atoms with Gasteiger partial charge in [0, 0.05) is 16.5 Å². The first kappa shape index (κ1) is 37.3. The highest BCUT2D eigenvalue weighted by molar-refractivity contribution is 6.34. The molecule has 0 aliphatic carbocycles. The molecule has 0 aliphatic rings. The molecular weight excluding hydrogens is 656 g/mol. The molecule has 10 nitrogen and oxygen atoms in total. The Kier molecular flexibility index (Phi) is 13.2. The number of ether oxygens (including phenoxy) is 3. The molecule has 0 fully saturated rings. The minimum Gasteiger partial charge on any atom is -0.493 e. The van der Waals surface area contributed by atoms with E-state index < -0.39 is 66.8 Å². The average Bonchev–Trinajstić information content (AvgIpc) is 2.95. The van der Waals surface area contributed by atoms with Gasteiger partial charge < -0.3 is 30.2 Å². The van der Waals surface area contributed by atoms with Crippen LogP contribution < -0.4 is 30.2 Å². The Morgan fingerprint density at radius 2 is 1.47 bits per heavy atom. The minimum absolute atomic E-state index is 0.125. The highest BCUT2D eigenvalue weighted by Crippen LogP contribution is 2.28. The summed E-state index contributed by atoms with van der Waals surface area (Å²) in [5, 5.41) is 5.90. The summed E-state index contributed by atoms with van der Waals surface area (Å²) < 4.78 is 82.5. The van der Waals surface area contributed by atoms with Gasteiger partial charge in [-0.3, -0.25) is 19.2 Å². The largest absolute Gasteiger partial charge is 0.493 e. The zero-order valence-corrected chi connectivity index (χ0v) is 25.8. The quantitative estimate of drug-likeness (QED) is 0.190. The Morgan fingerprint density at radius 1 is 0.867 bits per heavy atom. The number of halogens is 7. The third kappa shape index (κ3) is 11.2. The molecule has 0 saturated heterocycles. The third-order valence-corrected chi connectivity index (χ3v) is 6.47. The zero-order valence-electron chi connectivity index (χ0n) is 24.3. The summed E-state index contributed by atoms with van der Waals surface area (Å²) in [6, 6.07) is 5.15. The molecule has 17 heteroatoms. The lowest BCUT2D eigenvalue weighted by Gasteiger charge is -2.27. The van der Waals surface area contributed by atoms with E-state index >= 15 is 0 Å². The number of hydrogen-bond acceptors (Lipinski definition) is 7. The average molecular weight is 686 g/mol. The molecule has 0 aromatic heterocycles. The van der Waals surface area contributed by atoms with Crippen LogP contribution in [0.1, 0.15) is 19.4 Å². The van der Waals surface area contributed by atoms with Gasteiger partial charge in [0.1, 0.15) is 18.3 Å². The first-order valence-corrected chi connectivity index (χ1v) is 13.8. The SMILES string of the molecule is COc1ccc(CC(NC(=O)COc2cc(Cl)cc(Cl)c2)C(=O)N[C@H](C(=O)C(F)(F)C(=O)NCC(F)(F)F)C(C)C)cc1OC. The van der Waals surface area contributed by atoms with Crippen molar-refractivity contribution in [1.29, 1.82) is 0 Å². The van der Waals surface area contributed by atoms with E-state index in [0.717, 1.165) is 5.32 Å². The topological polar surface area (TPSA) is 132 Å². The van der Waals surface area contributed by atoms with Gasteiger partial charge in [0.25, 0.3) is 11.8 Å². The summed E-state index contributed by atoms with van der Waals surface area (Å²) in [7, 11) is 2.75. The van der Waals surface area contributed by atoms with Crippen LogP contribution in [0, 0.1) is 5.92 Å². The Labute approximate surface area is 264 Å². The number of benzene rings is 2. The van der Waals surface area contributed by atoms with Gasteiger partial charge in [-0.1, -0.05) is 43.1 Å². The molecule has 2 rings (SSSR count). The molecule has 2 aromatic carbocycles. The van der Waals surface area contributed by atoms with Crippen molar-refractivity contribution in [3.8, 4) is 17.2 Å². The van der Waals surface area contributed by atoms with Crippen LogP contribution in [0.15, 0.2) is 36.4 Å². The van der Waals surface area contributed by atoms with Crippen molar-refractivity contribution in [3.63, 3.8) is 0 Å². The number of hydrogen-bond donors (Lipinski definition) is 3. The second kappa shape index (κ2) is 15.9. The van der Waals surface area contributed by atoms with Crippen molar-refractivity contribution in [3.05, 3.63) is 52.0 Å². The summed E-state index contributed by atoms with van der Waals surface area (Å²) >= 11 is 11.8. The van der Waals surface area contributed by atoms with Crippen molar-refractivity contribution in [1.82, 2.24) is 16.0 Å². The Morgan fingerprint density at radius 3 is 2.00 bits per heavy atom. The fourth-order valence-corrected chi connectivity index (χ4v) is 4.34. The molecule has 0 bridgehead atoms. The summed E-state index contributed by atoms with van der Waals surface area (Å²) in [6.07, 6.45) is -5.28. The van der Waals surface area contributed by atoms with E-state index in [1.54, 1.807) is 0 Å². The van der Waals surface area contributed by atoms with E-state index in [4.69, 9.17) is 37.4 Å². The van der Waals surface area contributed by atoms with E-state index in [1.165, 1.54) is 64.5 Å². The number of methoxy groups -OCH3 is 2. The van der Waals surface area contributed by atoms with Crippen LogP contribution in [-0.4, -0.2) is 75.1 Å². The summed E-state index contributed by atoms with van der Waals surface area (Å²) in [5.41, 5.74) is 0.403. The van der Waals surface area contributed by atoms with Crippen molar-refractivity contribution >= 4 is 46.7 Å². The van der Waals surface area contributed by atoms with E-state index in [1.807, 2.05) is 0 Å². The van der Waals surface area contributed by atoms with Crippen LogP contribution >= 0.6 is 23.2 Å². The fraction of sp³-hybridized carbons (Fsp3) is 0.429. The summed E-state index contributed by atoms with van der Waals surface area (Å²) in [6.45, 7) is -0.219. The lowest BCUT2D eigenvalue weighted by Crippen LogP contribution is -2.59. The zero-order chi connectivity index (χ0) is 34.1. The molecule has 0 aliphatic heterocycles. The van der Waals surface area contributed by atoms with Crippen molar-refractivity contribution in [2.45, 2.75) is 44.5 Å². The third-order valence-electron chi connectivity index (χ3n) is 6.04. The van der Waals surface area contributed by atoms with E-state index in [9.17, 15) is 41.1 Å². The Hall–Kier alpha value is -3.85. The monoisotopic (exact) mass is 685 g/mol. The first-order chi connectivity index (χ1) is 20.9. The maximum Gasteiger partial charge on any atom is 0.405 e. The molecule has 248 valence electrons. The molecule has 2 atom stereocenters. The molecule has 0 radical (unpaired) electrons. The molecule has 3 amide bonds. The molecule has 1 unspecified atom stereocenters. The van der Waals surface area contributed by atoms with Crippen molar-refractivity contribution < 1.29 is 55.3 Å². The van der Waals surface area contributed by atoms with E-state index in [0.29, 0.717) is 11.3 Å². The van der Waals surface area contributed by atoms with Gasteiger partial charge in [0.05, 0.1) is 20.3 Å². The predicted octanol–water partition coefficient (Wildman–Crippen LogP) is 4.14. The Balaban J connectivity index is 2.32. The van der Waals surface area contributed by atoms with Gasteiger partial charge >= 0.3 is 12.1 Å². The number of alkyl halides is 5. The number of nitrogens with one attached hydrogen (secondary N) is 3. The van der Waals surface area contributed by atoms with Crippen LogP contribution in [0.5, 0.6) is 17.2 Å². The van der Waals surface area contributed by atoms with Gasteiger partial charge in [-0.25, -0.2) is 0 Å². The van der Waals surface area contributed by atoms with E-state index in [2.05, 4.69) is 10.6 Å². The Bertz CT molecular complexity index is 1370. The molecule has 0 saturated carbocycles. The number of rotatable bonds is 15. The fourth-order valence-electron chi connectivity index (χ4n) is 3.84. The van der Waals surface area contributed by atoms with Crippen molar-refractivity contribution in [2.24, 2.45) is 5.92 Å². The number of amides is 3. The van der Waals surface area contributed by atoms with Gasteiger partial charge in [-0.05, 0) is 41.8 Å². The second-order valence-electron chi connectivity index (χ2n) is 9.87. The van der Waals surface area contributed by atoms with Crippen LogP contribution in [0.25, 0.3) is 0 Å². The number of Topliss-reactive ketones (excluding diaryl/α,β-unsaturated/α-hetero) is 1. The van der Waals surface area contributed by atoms with E-state index in [-0.39, 0.29) is 28.0 Å². The van der Waals surface area contributed by atoms with Crippen LogP contribution in [0.2, 0.25) is 10.0 Å². The highest BCUT2D eigenvalue weighted by atomic mass is 35.5. The predicted molar refractivity (Wildman–Crippen MR) is 153 cm³/mol.